The lowest BCUT2D eigenvalue weighted by atomic mass is 9.91. The molecule has 110 valence electrons. The van der Waals surface area contributed by atoms with Crippen molar-refractivity contribution in [3.8, 4) is 0 Å². The molecule has 3 rings (SSSR count). The Kier molecular flexibility index (Phi) is 3.68. The molecule has 0 aliphatic carbocycles. The maximum absolute atomic E-state index is 13.6. The Balaban J connectivity index is 1.69. The third kappa shape index (κ3) is 2.79. The number of likely N-dealkylation sites (tertiary alicyclic amines) is 1. The zero-order valence-corrected chi connectivity index (χ0v) is 11.4. The van der Waals surface area contributed by atoms with Crippen molar-refractivity contribution in [2.75, 3.05) is 13.1 Å². The second kappa shape index (κ2) is 5.63. The fourth-order valence-electron chi connectivity index (χ4n) is 2.73. The average molecular weight is 291 g/mol. The highest BCUT2D eigenvalue weighted by molar-refractivity contribution is 5.94. The predicted octanol–water partition coefficient (Wildman–Crippen LogP) is 2.71. The number of nitrogens with one attached hydrogen (secondary N) is 1. The van der Waals surface area contributed by atoms with Crippen LogP contribution >= 0.6 is 0 Å². The van der Waals surface area contributed by atoms with Gasteiger partial charge in [0.15, 0.2) is 0 Å². The summed E-state index contributed by atoms with van der Waals surface area (Å²) in [6.07, 6.45) is 5.23. The first-order valence-corrected chi connectivity index (χ1v) is 6.88. The van der Waals surface area contributed by atoms with Crippen molar-refractivity contribution in [2.24, 2.45) is 0 Å². The van der Waals surface area contributed by atoms with E-state index in [1.54, 1.807) is 11.1 Å². The van der Waals surface area contributed by atoms with Crippen LogP contribution in [0.25, 0.3) is 0 Å². The van der Waals surface area contributed by atoms with Crippen LogP contribution in [0.2, 0.25) is 0 Å². The van der Waals surface area contributed by atoms with Crippen molar-refractivity contribution >= 4 is 5.91 Å². The molecule has 0 bridgehead atoms. The van der Waals surface area contributed by atoms with Gasteiger partial charge in [-0.05, 0) is 42.5 Å². The van der Waals surface area contributed by atoms with Gasteiger partial charge < -0.3 is 4.90 Å². The molecule has 0 saturated carbocycles. The normalized spacial score (nSPS) is 16.2. The van der Waals surface area contributed by atoms with Gasteiger partial charge in [0.1, 0.15) is 11.6 Å². The number of amides is 1. The van der Waals surface area contributed by atoms with E-state index in [2.05, 4.69) is 10.2 Å². The van der Waals surface area contributed by atoms with E-state index >= 15 is 0 Å². The Morgan fingerprint density at radius 3 is 2.71 bits per heavy atom. The third-order valence-electron chi connectivity index (χ3n) is 3.93. The van der Waals surface area contributed by atoms with Crippen molar-refractivity contribution < 1.29 is 13.6 Å². The number of H-pyrrole nitrogens is 1. The lowest BCUT2D eigenvalue weighted by molar-refractivity contribution is 0.0707. The van der Waals surface area contributed by atoms with Crippen molar-refractivity contribution in [3.63, 3.8) is 0 Å². The number of carbonyl (C=O) groups excluding carboxylic acids is 1. The molecule has 1 aliphatic rings. The molecule has 21 heavy (non-hydrogen) atoms. The Morgan fingerprint density at radius 2 is 2.05 bits per heavy atom. The summed E-state index contributed by atoms with van der Waals surface area (Å²) < 4.78 is 26.8. The minimum absolute atomic E-state index is 0.197. The maximum atomic E-state index is 13.6. The molecule has 4 nitrogen and oxygen atoms in total. The average Bonchev–Trinajstić information content (AvgIpc) is 3.03. The van der Waals surface area contributed by atoms with Crippen molar-refractivity contribution in [3.05, 3.63) is 53.4 Å². The van der Waals surface area contributed by atoms with Gasteiger partial charge in [-0.2, -0.15) is 5.10 Å². The summed E-state index contributed by atoms with van der Waals surface area (Å²) in [6, 6.07) is 2.96. The second-order valence-corrected chi connectivity index (χ2v) is 5.22. The van der Waals surface area contributed by atoms with E-state index in [9.17, 15) is 13.6 Å². The van der Waals surface area contributed by atoms with E-state index in [0.29, 0.717) is 19.0 Å². The quantitative estimate of drug-likeness (QED) is 0.925. The molecule has 1 aromatic carbocycles. The van der Waals surface area contributed by atoms with Crippen LogP contribution in [-0.2, 0) is 0 Å². The van der Waals surface area contributed by atoms with E-state index in [-0.39, 0.29) is 5.56 Å². The Bertz CT molecular complexity index is 634. The summed E-state index contributed by atoms with van der Waals surface area (Å²) in [4.78, 5) is 13.8. The molecule has 1 aromatic heterocycles. The molecule has 2 heterocycles. The van der Waals surface area contributed by atoms with E-state index in [4.69, 9.17) is 0 Å². The van der Waals surface area contributed by atoms with Crippen molar-refractivity contribution in [2.45, 2.75) is 18.8 Å². The molecule has 1 N–H and O–H groups in total. The fourth-order valence-corrected chi connectivity index (χ4v) is 2.73. The number of benzene rings is 1. The number of aromatic amines is 1. The van der Waals surface area contributed by atoms with Crippen LogP contribution in [0.4, 0.5) is 8.78 Å². The SMILES string of the molecule is O=C(c1cc(F)ccc1F)N1CCC(c2cn[nH]c2)CC1. The lowest BCUT2D eigenvalue weighted by Crippen LogP contribution is -2.38. The summed E-state index contributed by atoms with van der Waals surface area (Å²) in [5.74, 6) is -1.38. The Labute approximate surface area is 120 Å². The van der Waals surface area contributed by atoms with E-state index in [1.165, 1.54) is 0 Å². The van der Waals surface area contributed by atoms with Crippen LogP contribution < -0.4 is 0 Å². The summed E-state index contributed by atoms with van der Waals surface area (Å²) in [6.45, 7) is 1.06. The number of aromatic nitrogens is 2. The van der Waals surface area contributed by atoms with Crippen LogP contribution in [0, 0.1) is 11.6 Å². The summed E-state index contributed by atoms with van der Waals surface area (Å²) in [5.41, 5.74) is 0.927. The van der Waals surface area contributed by atoms with Gasteiger partial charge in [0.05, 0.1) is 11.8 Å². The van der Waals surface area contributed by atoms with E-state index in [0.717, 1.165) is 36.6 Å². The molecular formula is C15H15F2N3O. The fraction of sp³-hybridized carbons (Fsp3) is 0.333. The van der Waals surface area contributed by atoms with Gasteiger partial charge in [0.25, 0.3) is 5.91 Å². The first kappa shape index (κ1) is 13.7. The number of hydrogen-bond donors (Lipinski definition) is 1. The number of hydrogen-bond acceptors (Lipinski definition) is 2. The highest BCUT2D eigenvalue weighted by Gasteiger charge is 2.26. The van der Waals surface area contributed by atoms with Gasteiger partial charge >= 0.3 is 0 Å². The standard InChI is InChI=1S/C15H15F2N3O/c16-12-1-2-14(17)13(7-12)15(21)20-5-3-10(4-6-20)11-8-18-19-9-11/h1-2,7-10H,3-6H2,(H,18,19). The molecular weight excluding hydrogens is 276 g/mol. The molecule has 0 unspecified atom stereocenters. The van der Waals surface area contributed by atoms with Crippen LogP contribution in [0.5, 0.6) is 0 Å². The van der Waals surface area contributed by atoms with Gasteiger partial charge in [-0.1, -0.05) is 0 Å². The van der Waals surface area contributed by atoms with Crippen LogP contribution in [-0.4, -0.2) is 34.1 Å². The molecule has 1 saturated heterocycles. The van der Waals surface area contributed by atoms with Crippen LogP contribution in [0.15, 0.2) is 30.6 Å². The lowest BCUT2D eigenvalue weighted by Gasteiger charge is -2.31. The summed E-state index contributed by atoms with van der Waals surface area (Å²) in [5, 5.41) is 6.70. The Morgan fingerprint density at radius 1 is 1.29 bits per heavy atom. The van der Waals surface area contributed by atoms with Gasteiger partial charge in [0.2, 0.25) is 0 Å². The molecule has 0 spiro atoms. The topological polar surface area (TPSA) is 49.0 Å². The zero-order chi connectivity index (χ0) is 14.8. The molecule has 1 amide bonds. The highest BCUT2D eigenvalue weighted by atomic mass is 19.1. The summed E-state index contributed by atoms with van der Waals surface area (Å²) in [7, 11) is 0. The number of nitrogens with zero attached hydrogens (tertiary/aromatic N) is 2. The summed E-state index contributed by atoms with van der Waals surface area (Å²) >= 11 is 0. The number of halogens is 2. The van der Waals surface area contributed by atoms with Gasteiger partial charge in [-0.3, -0.25) is 9.89 Å². The van der Waals surface area contributed by atoms with Crippen LogP contribution in [0.1, 0.15) is 34.7 Å². The number of rotatable bonds is 2. The molecule has 1 fully saturated rings. The number of carbonyl (C=O) groups is 1. The molecule has 2 aromatic rings. The van der Waals surface area contributed by atoms with Crippen molar-refractivity contribution in [1.82, 2.24) is 15.1 Å². The zero-order valence-electron chi connectivity index (χ0n) is 11.4. The maximum Gasteiger partial charge on any atom is 0.256 e. The molecule has 0 atom stereocenters. The second-order valence-electron chi connectivity index (χ2n) is 5.22. The van der Waals surface area contributed by atoms with Gasteiger partial charge in [0, 0.05) is 19.3 Å². The largest absolute Gasteiger partial charge is 0.339 e. The van der Waals surface area contributed by atoms with Crippen molar-refractivity contribution in [1.29, 1.82) is 0 Å². The monoisotopic (exact) mass is 291 g/mol. The highest BCUT2D eigenvalue weighted by Crippen LogP contribution is 2.28. The van der Waals surface area contributed by atoms with Gasteiger partial charge in [-0.25, -0.2) is 8.78 Å². The molecule has 0 radical (unpaired) electrons. The first-order valence-electron chi connectivity index (χ1n) is 6.88. The third-order valence-corrected chi connectivity index (χ3v) is 3.93. The van der Waals surface area contributed by atoms with Gasteiger partial charge in [-0.15, -0.1) is 0 Å². The molecule has 6 heteroatoms. The van der Waals surface area contributed by atoms with E-state index < -0.39 is 17.5 Å². The van der Waals surface area contributed by atoms with Crippen LogP contribution in [0.3, 0.4) is 0 Å². The first-order chi connectivity index (χ1) is 10.1. The smallest absolute Gasteiger partial charge is 0.256 e. The minimum Gasteiger partial charge on any atom is -0.339 e. The molecule has 1 aliphatic heterocycles. The minimum atomic E-state index is -0.682. The number of piperidine rings is 1. The predicted molar refractivity (Wildman–Crippen MR) is 72.8 cm³/mol. The Hall–Kier alpha value is -2.24. The van der Waals surface area contributed by atoms with E-state index in [1.807, 2.05) is 6.20 Å².